The highest BCUT2D eigenvalue weighted by Gasteiger charge is 2.45. The number of hydrogen-bond acceptors (Lipinski definition) is 5. The maximum Gasteiger partial charge on any atom is 0.315 e. The predicted molar refractivity (Wildman–Crippen MR) is 114 cm³/mol. The molecule has 2 aliphatic carbocycles. The van der Waals surface area contributed by atoms with Crippen LogP contribution in [-0.2, 0) is 19.1 Å². The summed E-state index contributed by atoms with van der Waals surface area (Å²) in [5.74, 6) is 1.55. The Morgan fingerprint density at radius 2 is 1.53 bits per heavy atom. The summed E-state index contributed by atoms with van der Waals surface area (Å²) in [5, 5.41) is 0. The van der Waals surface area contributed by atoms with Gasteiger partial charge in [-0.05, 0) is 69.2 Å². The Morgan fingerprint density at radius 1 is 0.967 bits per heavy atom. The summed E-state index contributed by atoms with van der Waals surface area (Å²) in [7, 11) is 0. The van der Waals surface area contributed by atoms with Crippen LogP contribution in [0.3, 0.4) is 0 Å². The van der Waals surface area contributed by atoms with Crippen molar-refractivity contribution in [2.24, 2.45) is 23.5 Å². The monoisotopic (exact) mass is 421 g/mol. The van der Waals surface area contributed by atoms with Crippen LogP contribution >= 0.6 is 0 Å². The first kappa shape index (κ1) is 23.0. The Labute approximate surface area is 180 Å². The van der Waals surface area contributed by atoms with Crippen LogP contribution in [0.2, 0.25) is 0 Å². The predicted octanol–water partition coefficient (Wildman–Crippen LogP) is 2.32. The van der Waals surface area contributed by atoms with Gasteiger partial charge in [0.25, 0.3) is 0 Å². The summed E-state index contributed by atoms with van der Waals surface area (Å²) >= 11 is 0. The zero-order valence-electron chi connectivity index (χ0n) is 18.7. The van der Waals surface area contributed by atoms with Crippen molar-refractivity contribution in [3.63, 3.8) is 0 Å². The zero-order valence-corrected chi connectivity index (χ0v) is 18.7. The maximum absolute atomic E-state index is 12.7. The first-order valence-electron chi connectivity index (χ1n) is 11.8. The number of ether oxygens (including phenoxy) is 1. The van der Waals surface area contributed by atoms with Crippen LogP contribution in [0.5, 0.6) is 0 Å². The van der Waals surface area contributed by atoms with Gasteiger partial charge in [-0.2, -0.15) is 0 Å². The highest BCUT2D eigenvalue weighted by Crippen LogP contribution is 2.49. The second-order valence-corrected chi connectivity index (χ2v) is 9.79. The third-order valence-electron chi connectivity index (χ3n) is 7.31. The minimum Gasteiger partial charge on any atom is -0.459 e. The largest absolute Gasteiger partial charge is 0.459 e. The molecule has 3 aliphatic rings. The summed E-state index contributed by atoms with van der Waals surface area (Å²) in [4.78, 5) is 40.9. The van der Waals surface area contributed by atoms with Gasteiger partial charge in [-0.3, -0.25) is 14.4 Å². The van der Waals surface area contributed by atoms with Crippen molar-refractivity contribution in [3.05, 3.63) is 0 Å². The van der Waals surface area contributed by atoms with Gasteiger partial charge in [0.1, 0.15) is 12.0 Å². The number of esters is 1. The minimum atomic E-state index is -0.392. The summed E-state index contributed by atoms with van der Waals surface area (Å²) < 4.78 is 6.00. The summed E-state index contributed by atoms with van der Waals surface area (Å²) in [5.41, 5.74) is 5.08. The molecule has 170 valence electrons. The lowest BCUT2D eigenvalue weighted by molar-refractivity contribution is -0.172. The van der Waals surface area contributed by atoms with Crippen molar-refractivity contribution >= 4 is 17.8 Å². The van der Waals surface area contributed by atoms with Crippen molar-refractivity contribution in [1.29, 1.82) is 0 Å². The Kier molecular flexibility index (Phi) is 7.77. The number of hydrogen-bond donors (Lipinski definition) is 1. The number of carbonyl (C=O) groups is 3. The van der Waals surface area contributed by atoms with Crippen LogP contribution in [-0.4, -0.2) is 65.9 Å². The fraction of sp³-hybridized carbons (Fsp3) is 0.870. The van der Waals surface area contributed by atoms with Gasteiger partial charge in [-0.25, -0.2) is 0 Å². The molecule has 0 aromatic rings. The quantitative estimate of drug-likeness (QED) is 0.503. The first-order valence-corrected chi connectivity index (χ1v) is 11.8. The summed E-state index contributed by atoms with van der Waals surface area (Å²) in [6.45, 7) is 6.92. The Hall–Kier alpha value is -1.63. The van der Waals surface area contributed by atoms with Gasteiger partial charge in [0, 0.05) is 32.6 Å². The molecule has 2 atom stereocenters. The van der Waals surface area contributed by atoms with Crippen LogP contribution in [0, 0.1) is 17.8 Å². The van der Waals surface area contributed by atoms with Crippen molar-refractivity contribution in [2.75, 3.05) is 32.7 Å². The average molecular weight is 422 g/mol. The van der Waals surface area contributed by atoms with Crippen molar-refractivity contribution in [3.8, 4) is 0 Å². The summed E-state index contributed by atoms with van der Waals surface area (Å²) in [6.07, 6.45) is 7.34. The number of rotatable bonds is 7. The normalized spacial score (nSPS) is 31.4. The fourth-order valence-corrected chi connectivity index (χ4v) is 5.94. The molecule has 3 rings (SSSR count). The number of nitrogens with two attached hydrogens (primary N) is 1. The Morgan fingerprint density at radius 3 is 2.07 bits per heavy atom. The molecule has 1 heterocycles. The molecule has 2 saturated carbocycles. The van der Waals surface area contributed by atoms with Crippen LogP contribution in [0.1, 0.15) is 71.6 Å². The van der Waals surface area contributed by atoms with Gasteiger partial charge in [0.05, 0.1) is 0 Å². The topological polar surface area (TPSA) is 92.9 Å². The second kappa shape index (κ2) is 10.1. The molecule has 0 aromatic heterocycles. The minimum absolute atomic E-state index is 0.0917. The van der Waals surface area contributed by atoms with E-state index in [0.717, 1.165) is 25.2 Å². The maximum atomic E-state index is 12.7. The molecule has 30 heavy (non-hydrogen) atoms. The number of piperazine rings is 1. The van der Waals surface area contributed by atoms with Gasteiger partial charge in [-0.1, -0.05) is 13.8 Å². The van der Waals surface area contributed by atoms with Gasteiger partial charge in [-0.15, -0.1) is 0 Å². The smallest absolute Gasteiger partial charge is 0.315 e. The Bertz CT molecular complexity index is 612. The average Bonchev–Trinajstić information content (AvgIpc) is 2.71. The molecule has 2 amide bonds. The van der Waals surface area contributed by atoms with Crippen LogP contribution < -0.4 is 5.73 Å². The van der Waals surface area contributed by atoms with Gasteiger partial charge in [0.2, 0.25) is 11.8 Å². The van der Waals surface area contributed by atoms with E-state index in [4.69, 9.17) is 10.5 Å². The molecular formula is C23H39N3O4. The van der Waals surface area contributed by atoms with E-state index in [-0.39, 0.29) is 23.8 Å². The van der Waals surface area contributed by atoms with E-state index in [2.05, 4.69) is 13.8 Å². The molecule has 2 N–H and O–H groups in total. The fourth-order valence-electron chi connectivity index (χ4n) is 5.94. The van der Waals surface area contributed by atoms with E-state index >= 15 is 0 Å². The molecule has 2 unspecified atom stereocenters. The standard InChI is InChI=1S/C23H39N3O4/c1-3-23(15-18-11-17(2)12-19(13-18)16-23)30-22(29)14-21(28)26-9-7-25(8-10-26)20(27)5-4-6-24/h17-19H,3-16,24H2,1-2H3. The van der Waals surface area contributed by atoms with E-state index in [9.17, 15) is 14.4 Å². The number of nitrogens with zero attached hydrogens (tertiary/aromatic N) is 2. The first-order chi connectivity index (χ1) is 14.3. The number of fused-ring (bicyclic) bond motifs is 2. The lowest BCUT2D eigenvalue weighted by Gasteiger charge is -2.48. The van der Waals surface area contributed by atoms with E-state index < -0.39 is 5.97 Å². The number of amides is 2. The molecular weight excluding hydrogens is 382 g/mol. The lowest BCUT2D eigenvalue weighted by atomic mass is 9.62. The molecule has 1 aliphatic heterocycles. The summed E-state index contributed by atoms with van der Waals surface area (Å²) in [6, 6.07) is 0. The third kappa shape index (κ3) is 5.74. The molecule has 0 aromatic carbocycles. The van der Waals surface area contributed by atoms with Crippen molar-refractivity contribution < 1.29 is 19.1 Å². The van der Waals surface area contributed by atoms with E-state index in [1.807, 2.05) is 0 Å². The molecule has 3 fully saturated rings. The van der Waals surface area contributed by atoms with Gasteiger partial charge >= 0.3 is 5.97 Å². The van der Waals surface area contributed by atoms with E-state index in [1.165, 1.54) is 19.3 Å². The highest BCUT2D eigenvalue weighted by molar-refractivity contribution is 5.94. The van der Waals surface area contributed by atoms with Crippen LogP contribution in [0.15, 0.2) is 0 Å². The molecule has 1 saturated heterocycles. The van der Waals surface area contributed by atoms with Crippen LogP contribution in [0.25, 0.3) is 0 Å². The molecule has 2 bridgehead atoms. The molecule has 0 radical (unpaired) electrons. The van der Waals surface area contributed by atoms with Gasteiger partial charge in [0.15, 0.2) is 0 Å². The lowest BCUT2D eigenvalue weighted by Crippen LogP contribution is -2.51. The van der Waals surface area contributed by atoms with E-state index in [0.29, 0.717) is 57.4 Å². The molecule has 7 nitrogen and oxygen atoms in total. The third-order valence-corrected chi connectivity index (χ3v) is 7.31. The number of carbonyl (C=O) groups excluding carboxylic acids is 3. The SMILES string of the molecule is CCC1(OC(=O)CC(=O)N2CCN(C(=O)CCCN)CC2)CC2CC(C)CC(C2)C1. The highest BCUT2D eigenvalue weighted by atomic mass is 16.6. The molecule has 0 spiro atoms. The zero-order chi connectivity index (χ0) is 21.7. The Balaban J connectivity index is 1.46. The second-order valence-electron chi connectivity index (χ2n) is 9.79. The van der Waals surface area contributed by atoms with Crippen molar-refractivity contribution in [2.45, 2.75) is 77.2 Å². The van der Waals surface area contributed by atoms with Gasteiger partial charge < -0.3 is 20.3 Å². The van der Waals surface area contributed by atoms with Crippen LogP contribution in [0.4, 0.5) is 0 Å². The van der Waals surface area contributed by atoms with E-state index in [1.54, 1.807) is 9.80 Å². The molecule has 7 heteroatoms. The van der Waals surface area contributed by atoms with Crippen molar-refractivity contribution in [1.82, 2.24) is 9.80 Å².